The highest BCUT2D eigenvalue weighted by Crippen LogP contribution is 2.38. The van der Waals surface area contributed by atoms with E-state index >= 15 is 0 Å². The maximum Gasteiger partial charge on any atom is 0.329 e. The Morgan fingerprint density at radius 3 is 2.25 bits per heavy atom. The molecule has 13 nitrogen and oxygen atoms in total. The Morgan fingerprint density at radius 2 is 1.56 bits per heavy atom. The number of carbonyl (C=O) groups is 5. The van der Waals surface area contributed by atoms with Crippen molar-refractivity contribution in [2.75, 3.05) is 19.8 Å². The number of nitrogens with zero attached hydrogens (tertiary/aromatic N) is 1. The van der Waals surface area contributed by atoms with Crippen LogP contribution >= 0.6 is 0 Å². The van der Waals surface area contributed by atoms with Gasteiger partial charge in [-0.3, -0.25) is 19.2 Å². The molecular weight excluding hydrogens is 819 g/mol. The third-order valence-electron chi connectivity index (χ3n) is 14.9. The fourth-order valence-electron chi connectivity index (χ4n) is 10.3. The minimum atomic E-state index is -2.39. The number of rotatable bonds is 5. The van der Waals surface area contributed by atoms with Crippen molar-refractivity contribution in [3.63, 3.8) is 0 Å². The van der Waals surface area contributed by atoms with Gasteiger partial charge in [0, 0.05) is 43.2 Å². The van der Waals surface area contributed by atoms with Crippen molar-refractivity contribution >= 4 is 29.2 Å². The van der Waals surface area contributed by atoms with Gasteiger partial charge in [0.25, 0.3) is 11.7 Å². The van der Waals surface area contributed by atoms with Crippen LogP contribution in [0, 0.1) is 53.3 Å². The van der Waals surface area contributed by atoms with E-state index in [-0.39, 0.29) is 72.7 Å². The molecule has 0 spiro atoms. The van der Waals surface area contributed by atoms with Crippen LogP contribution in [0.4, 0.5) is 0 Å². The number of ether oxygens (including phenoxy) is 2. The number of aliphatic hydroxyl groups excluding tert-OH is 4. The number of hydrogen-bond donors (Lipinski definition) is 5. The van der Waals surface area contributed by atoms with Crippen LogP contribution in [0.1, 0.15) is 132 Å². The molecule has 4 rings (SSSR count). The molecule has 2 saturated heterocycles. The molecule has 0 aromatic heterocycles. The molecule has 3 aliphatic heterocycles. The summed E-state index contributed by atoms with van der Waals surface area (Å²) in [5, 5.41) is 54.0. The van der Waals surface area contributed by atoms with Crippen molar-refractivity contribution < 1.29 is 59.0 Å². The van der Waals surface area contributed by atoms with Crippen LogP contribution in [0.5, 0.6) is 0 Å². The van der Waals surface area contributed by atoms with Crippen molar-refractivity contribution in [1.29, 1.82) is 0 Å². The van der Waals surface area contributed by atoms with Crippen LogP contribution in [0.15, 0.2) is 47.6 Å². The van der Waals surface area contributed by atoms with Crippen LogP contribution in [-0.2, 0) is 33.4 Å². The molecule has 1 saturated carbocycles. The van der Waals surface area contributed by atoms with Crippen molar-refractivity contribution in [1.82, 2.24) is 4.90 Å². The lowest BCUT2D eigenvalue weighted by Crippen LogP contribution is -2.60. The Bertz CT molecular complexity index is 1740. The number of carbonyl (C=O) groups excluding carboxylic acids is 5. The molecule has 1 unspecified atom stereocenters. The van der Waals surface area contributed by atoms with E-state index < -0.39 is 84.2 Å². The molecule has 0 aromatic carbocycles. The van der Waals surface area contributed by atoms with Crippen LogP contribution in [0.3, 0.4) is 0 Å². The van der Waals surface area contributed by atoms with Gasteiger partial charge in [-0.2, -0.15) is 0 Å². The van der Waals surface area contributed by atoms with Crippen molar-refractivity contribution in [2.45, 2.75) is 169 Å². The average Bonchev–Trinajstić information content (AvgIpc) is 3.26. The summed E-state index contributed by atoms with van der Waals surface area (Å²) in [5.74, 6) is -9.37. The Labute approximate surface area is 381 Å². The molecule has 0 aromatic rings. The summed E-state index contributed by atoms with van der Waals surface area (Å²) < 4.78 is 12.4. The predicted octanol–water partition coefficient (Wildman–Crippen LogP) is 5.99. The first-order valence-corrected chi connectivity index (χ1v) is 24.0. The SMILES string of the molecule is CC1=CC=CC=C[C@@H](C)C[C@@H](C)C(=O)[C@H](CO)[C@H](O)C(C)/C=C(\C)C(=O)C[C@@H]([C@H](C)C[C@@H]2CC[C@@H](O)[C@H](CO)C2)OC(=O)[C@@H]2CCCCN2C(=O)C(=O)[C@]2(O)O[C@@H](CC[C@H]2C)C[C@@H]1C. The molecule has 3 heterocycles. The Hall–Kier alpha value is -3.33. The average molecular weight is 898 g/mol. The highest BCUT2D eigenvalue weighted by Gasteiger charge is 2.53. The molecule has 0 radical (unpaired) electrons. The van der Waals surface area contributed by atoms with E-state index in [2.05, 4.69) is 0 Å². The Kier molecular flexibility index (Phi) is 20.4. The Balaban J connectivity index is 1.69. The van der Waals surface area contributed by atoms with Gasteiger partial charge in [0.1, 0.15) is 17.9 Å². The first-order valence-electron chi connectivity index (χ1n) is 24.0. The lowest BCUT2D eigenvalue weighted by atomic mass is 9.75. The third kappa shape index (κ3) is 13.9. The van der Waals surface area contributed by atoms with Gasteiger partial charge in [-0.05, 0) is 114 Å². The van der Waals surface area contributed by atoms with Gasteiger partial charge in [0.2, 0.25) is 5.79 Å². The lowest BCUT2D eigenvalue weighted by Gasteiger charge is -2.42. The number of piperidine rings is 1. The predicted molar refractivity (Wildman–Crippen MR) is 243 cm³/mol. The highest BCUT2D eigenvalue weighted by atomic mass is 16.6. The second kappa shape index (κ2) is 24.4. The number of aliphatic hydroxyl groups is 5. The van der Waals surface area contributed by atoms with Gasteiger partial charge in [-0.1, -0.05) is 83.6 Å². The fourth-order valence-corrected chi connectivity index (χ4v) is 10.3. The molecule has 1 amide bonds. The zero-order valence-electron chi connectivity index (χ0n) is 39.7. The molecule has 15 atom stereocenters. The monoisotopic (exact) mass is 898 g/mol. The van der Waals surface area contributed by atoms with Crippen LogP contribution < -0.4 is 0 Å². The van der Waals surface area contributed by atoms with E-state index in [4.69, 9.17) is 9.47 Å². The molecule has 360 valence electrons. The van der Waals surface area contributed by atoms with Gasteiger partial charge >= 0.3 is 5.97 Å². The zero-order chi connectivity index (χ0) is 47.5. The first kappa shape index (κ1) is 53.3. The van der Waals surface area contributed by atoms with Gasteiger partial charge in [-0.15, -0.1) is 0 Å². The molecule has 1 aliphatic carbocycles. The van der Waals surface area contributed by atoms with Crippen LogP contribution in [-0.4, -0.2) is 116 Å². The van der Waals surface area contributed by atoms with Crippen molar-refractivity contribution in [3.05, 3.63) is 47.6 Å². The van der Waals surface area contributed by atoms with Gasteiger partial charge in [-0.25, -0.2) is 4.79 Å². The van der Waals surface area contributed by atoms with Crippen LogP contribution in [0.2, 0.25) is 0 Å². The quantitative estimate of drug-likeness (QED) is 0.159. The smallest absolute Gasteiger partial charge is 0.329 e. The summed E-state index contributed by atoms with van der Waals surface area (Å²) in [5.41, 5.74) is 1.33. The summed E-state index contributed by atoms with van der Waals surface area (Å²) in [6.07, 6.45) is 13.4. The minimum absolute atomic E-state index is 0.0162. The second-order valence-electron chi connectivity index (χ2n) is 20.1. The summed E-state index contributed by atoms with van der Waals surface area (Å²) in [4.78, 5) is 71.5. The molecule has 2 bridgehead atoms. The van der Waals surface area contributed by atoms with Gasteiger partial charge < -0.3 is 39.9 Å². The van der Waals surface area contributed by atoms with Crippen molar-refractivity contribution in [3.8, 4) is 0 Å². The van der Waals surface area contributed by atoms with E-state index in [1.807, 2.05) is 58.1 Å². The number of Topliss-reactive ketones (excluding diaryl/α,β-unsaturated/α-hetero) is 3. The molecule has 5 N–H and O–H groups in total. The number of fused-ring (bicyclic) bond motifs is 3. The number of ketones is 3. The third-order valence-corrected chi connectivity index (χ3v) is 14.9. The largest absolute Gasteiger partial charge is 0.460 e. The number of allylic oxidation sites excluding steroid dienone is 7. The van der Waals surface area contributed by atoms with E-state index in [1.165, 1.54) is 4.90 Å². The molecular formula is C51H79NO12. The van der Waals surface area contributed by atoms with Crippen LogP contribution in [0.25, 0.3) is 0 Å². The minimum Gasteiger partial charge on any atom is -0.460 e. The topological polar surface area (TPSA) is 208 Å². The van der Waals surface area contributed by atoms with E-state index in [1.54, 1.807) is 33.8 Å². The lowest BCUT2D eigenvalue weighted by molar-refractivity contribution is -0.264. The summed E-state index contributed by atoms with van der Waals surface area (Å²) in [6.45, 7) is 14.0. The number of cyclic esters (lactones) is 1. The standard InChI is InChI=1S/C51H79NO12/c1-30-14-10-9-11-15-31(2)32(3)25-40-19-17-37(8)51(62,64-40)48(59)49(60)52-21-13-12-16-42(52)50(61)63-45(34(5)24-38-18-20-43(55)39(26-38)28-53)27-44(56)33(4)23-36(7)47(58)41(29-54)46(57)35(6)22-30/h9-11,14-15,23,30,32,34-43,45,47,53-55,58,62H,12-13,16-22,24-29H2,1-8H3/b11-9?,14-10?,31-15?,33-23+/t30-,32+,34-,35-,36?,37-,38+,39+,40+,41+,42+,43-,45+,47-,51-/m1/s1. The summed E-state index contributed by atoms with van der Waals surface area (Å²) >= 11 is 0. The molecule has 64 heavy (non-hydrogen) atoms. The summed E-state index contributed by atoms with van der Waals surface area (Å²) in [7, 11) is 0. The maximum atomic E-state index is 14.3. The normalized spacial score (nSPS) is 39.0. The second-order valence-corrected chi connectivity index (χ2v) is 20.1. The van der Waals surface area contributed by atoms with Gasteiger partial charge in [0.05, 0.1) is 30.8 Å². The number of amides is 1. The van der Waals surface area contributed by atoms with Crippen molar-refractivity contribution in [2.24, 2.45) is 53.3 Å². The van der Waals surface area contributed by atoms with E-state index in [0.717, 1.165) is 5.57 Å². The maximum absolute atomic E-state index is 14.3. The van der Waals surface area contributed by atoms with Gasteiger partial charge in [0.15, 0.2) is 5.78 Å². The molecule has 13 heteroatoms. The first-order chi connectivity index (χ1) is 30.2. The van der Waals surface area contributed by atoms with E-state index in [9.17, 15) is 49.5 Å². The Morgan fingerprint density at radius 1 is 0.844 bits per heavy atom. The fraction of sp³-hybridized carbons (Fsp3) is 0.745. The molecule has 4 aliphatic rings. The zero-order valence-corrected chi connectivity index (χ0v) is 39.7. The molecule has 3 fully saturated rings. The summed E-state index contributed by atoms with van der Waals surface area (Å²) in [6, 6.07) is -1.14. The van der Waals surface area contributed by atoms with E-state index in [0.29, 0.717) is 64.2 Å². The number of hydrogen-bond acceptors (Lipinski definition) is 12. The number of esters is 1. The highest BCUT2D eigenvalue weighted by molar-refractivity contribution is 6.39.